The highest BCUT2D eigenvalue weighted by molar-refractivity contribution is 5.36. The van der Waals surface area contributed by atoms with Gasteiger partial charge in [0.05, 0.1) is 6.61 Å². The fourth-order valence-electron chi connectivity index (χ4n) is 2.39. The SMILES string of the molecule is CCCNC(Cc1ccccn1)c1ccccc1OCC. The predicted octanol–water partition coefficient (Wildman–Crippen LogP) is 3.76. The number of rotatable bonds is 8. The Balaban J connectivity index is 2.23. The van der Waals surface area contributed by atoms with Crippen LogP contribution in [0, 0.1) is 0 Å². The molecule has 0 aliphatic rings. The molecule has 1 aromatic heterocycles. The van der Waals surface area contributed by atoms with E-state index in [2.05, 4.69) is 35.4 Å². The van der Waals surface area contributed by atoms with Crippen LogP contribution in [0.2, 0.25) is 0 Å². The third kappa shape index (κ3) is 4.57. The lowest BCUT2D eigenvalue weighted by Crippen LogP contribution is -2.25. The summed E-state index contributed by atoms with van der Waals surface area (Å²) in [5, 5.41) is 3.61. The zero-order valence-corrected chi connectivity index (χ0v) is 12.9. The highest BCUT2D eigenvalue weighted by atomic mass is 16.5. The van der Waals surface area contributed by atoms with Gasteiger partial charge in [-0.05, 0) is 38.1 Å². The average Bonchev–Trinajstić information content (AvgIpc) is 2.53. The van der Waals surface area contributed by atoms with Gasteiger partial charge in [0.1, 0.15) is 5.75 Å². The Hall–Kier alpha value is -1.87. The van der Waals surface area contributed by atoms with E-state index in [-0.39, 0.29) is 6.04 Å². The van der Waals surface area contributed by atoms with E-state index < -0.39 is 0 Å². The van der Waals surface area contributed by atoms with Gasteiger partial charge in [-0.2, -0.15) is 0 Å². The zero-order valence-electron chi connectivity index (χ0n) is 12.9. The van der Waals surface area contributed by atoms with Crippen LogP contribution in [0.5, 0.6) is 5.75 Å². The molecule has 3 heteroatoms. The Morgan fingerprint density at radius 3 is 2.62 bits per heavy atom. The maximum atomic E-state index is 5.78. The Morgan fingerprint density at radius 1 is 1.10 bits per heavy atom. The van der Waals surface area contributed by atoms with Gasteiger partial charge in [0.2, 0.25) is 0 Å². The van der Waals surface area contributed by atoms with Gasteiger partial charge in [-0.25, -0.2) is 0 Å². The number of para-hydroxylation sites is 1. The quantitative estimate of drug-likeness (QED) is 0.801. The number of hydrogen-bond donors (Lipinski definition) is 1. The van der Waals surface area contributed by atoms with E-state index in [0.29, 0.717) is 6.61 Å². The number of nitrogens with zero attached hydrogens (tertiary/aromatic N) is 1. The molecular formula is C18H24N2O. The van der Waals surface area contributed by atoms with Crippen LogP contribution in [-0.2, 0) is 6.42 Å². The molecule has 1 unspecified atom stereocenters. The third-order valence-corrected chi connectivity index (χ3v) is 3.37. The van der Waals surface area contributed by atoms with Gasteiger partial charge < -0.3 is 10.1 Å². The molecule has 0 saturated heterocycles. The van der Waals surface area contributed by atoms with Crippen molar-refractivity contribution in [2.24, 2.45) is 0 Å². The number of benzene rings is 1. The molecule has 0 spiro atoms. The van der Waals surface area contributed by atoms with Crippen molar-refractivity contribution in [1.29, 1.82) is 0 Å². The van der Waals surface area contributed by atoms with Gasteiger partial charge in [0.15, 0.2) is 0 Å². The second kappa shape index (κ2) is 8.42. The first-order chi connectivity index (χ1) is 10.3. The van der Waals surface area contributed by atoms with Crippen LogP contribution in [0.4, 0.5) is 0 Å². The van der Waals surface area contributed by atoms with E-state index in [1.54, 1.807) is 0 Å². The molecule has 1 aromatic carbocycles. The first-order valence-electron chi connectivity index (χ1n) is 7.70. The van der Waals surface area contributed by atoms with E-state index in [4.69, 9.17) is 4.74 Å². The molecule has 0 bridgehead atoms. The molecule has 0 amide bonds. The number of nitrogens with one attached hydrogen (secondary N) is 1. The summed E-state index contributed by atoms with van der Waals surface area (Å²) in [6, 6.07) is 14.5. The predicted molar refractivity (Wildman–Crippen MR) is 86.6 cm³/mol. The minimum atomic E-state index is 0.225. The monoisotopic (exact) mass is 284 g/mol. The van der Waals surface area contributed by atoms with Crippen molar-refractivity contribution >= 4 is 0 Å². The molecule has 0 fully saturated rings. The number of aromatic nitrogens is 1. The van der Waals surface area contributed by atoms with Crippen LogP contribution < -0.4 is 10.1 Å². The molecule has 0 aliphatic heterocycles. The number of pyridine rings is 1. The lowest BCUT2D eigenvalue weighted by atomic mass is 10.0. The largest absolute Gasteiger partial charge is 0.494 e. The summed E-state index contributed by atoms with van der Waals surface area (Å²) in [5.74, 6) is 0.963. The van der Waals surface area contributed by atoms with Gasteiger partial charge in [-0.15, -0.1) is 0 Å². The van der Waals surface area contributed by atoms with E-state index in [1.165, 1.54) is 5.56 Å². The molecule has 3 nitrogen and oxygen atoms in total. The van der Waals surface area contributed by atoms with Crippen LogP contribution in [0.15, 0.2) is 48.7 Å². The van der Waals surface area contributed by atoms with E-state index in [1.807, 2.05) is 37.4 Å². The summed E-state index contributed by atoms with van der Waals surface area (Å²) in [6.45, 7) is 5.86. The van der Waals surface area contributed by atoms with Crippen molar-refractivity contribution < 1.29 is 4.74 Å². The number of ether oxygens (including phenoxy) is 1. The molecule has 1 heterocycles. The summed E-state index contributed by atoms with van der Waals surface area (Å²) in [5.41, 5.74) is 2.30. The smallest absolute Gasteiger partial charge is 0.124 e. The molecule has 0 radical (unpaired) electrons. The fraction of sp³-hybridized carbons (Fsp3) is 0.389. The highest BCUT2D eigenvalue weighted by Gasteiger charge is 2.16. The van der Waals surface area contributed by atoms with Crippen LogP contribution in [0.1, 0.15) is 37.6 Å². The maximum Gasteiger partial charge on any atom is 0.124 e. The van der Waals surface area contributed by atoms with Crippen molar-refractivity contribution in [1.82, 2.24) is 10.3 Å². The molecule has 21 heavy (non-hydrogen) atoms. The summed E-state index contributed by atoms with van der Waals surface area (Å²) in [4.78, 5) is 4.45. The molecule has 0 aliphatic carbocycles. The third-order valence-electron chi connectivity index (χ3n) is 3.37. The van der Waals surface area contributed by atoms with Crippen molar-refractivity contribution in [3.63, 3.8) is 0 Å². The maximum absolute atomic E-state index is 5.78. The van der Waals surface area contributed by atoms with Crippen molar-refractivity contribution in [3.8, 4) is 5.75 Å². The minimum Gasteiger partial charge on any atom is -0.494 e. The topological polar surface area (TPSA) is 34.2 Å². The average molecular weight is 284 g/mol. The molecule has 112 valence electrons. The van der Waals surface area contributed by atoms with Crippen molar-refractivity contribution in [2.75, 3.05) is 13.2 Å². The fourth-order valence-corrected chi connectivity index (χ4v) is 2.39. The molecule has 0 saturated carbocycles. The molecule has 2 aromatic rings. The summed E-state index contributed by atoms with van der Waals surface area (Å²) in [6.07, 6.45) is 3.82. The summed E-state index contributed by atoms with van der Waals surface area (Å²) in [7, 11) is 0. The Kier molecular flexibility index (Phi) is 6.22. The molecular weight excluding hydrogens is 260 g/mol. The lowest BCUT2D eigenvalue weighted by molar-refractivity contribution is 0.331. The van der Waals surface area contributed by atoms with Crippen LogP contribution >= 0.6 is 0 Å². The molecule has 1 atom stereocenters. The number of hydrogen-bond acceptors (Lipinski definition) is 3. The van der Waals surface area contributed by atoms with E-state index >= 15 is 0 Å². The van der Waals surface area contributed by atoms with Crippen LogP contribution in [0.25, 0.3) is 0 Å². The first kappa shape index (κ1) is 15.5. The Morgan fingerprint density at radius 2 is 1.90 bits per heavy atom. The van der Waals surface area contributed by atoms with Gasteiger partial charge in [-0.3, -0.25) is 4.98 Å². The zero-order chi connectivity index (χ0) is 14.9. The lowest BCUT2D eigenvalue weighted by Gasteiger charge is -2.21. The molecule has 2 rings (SSSR count). The highest BCUT2D eigenvalue weighted by Crippen LogP contribution is 2.27. The van der Waals surface area contributed by atoms with Crippen molar-refractivity contribution in [2.45, 2.75) is 32.7 Å². The van der Waals surface area contributed by atoms with Crippen LogP contribution in [0.3, 0.4) is 0 Å². The van der Waals surface area contributed by atoms with Crippen LogP contribution in [-0.4, -0.2) is 18.1 Å². The minimum absolute atomic E-state index is 0.225. The Bertz CT molecular complexity index is 528. The van der Waals surface area contributed by atoms with E-state index in [9.17, 15) is 0 Å². The standard InChI is InChI=1S/C18H24N2O/c1-3-12-20-17(14-15-9-7-8-13-19-15)16-10-5-6-11-18(16)21-4-2/h5-11,13,17,20H,3-4,12,14H2,1-2H3. The second-order valence-corrected chi connectivity index (χ2v) is 5.00. The normalized spacial score (nSPS) is 12.1. The summed E-state index contributed by atoms with van der Waals surface area (Å²) < 4.78 is 5.78. The summed E-state index contributed by atoms with van der Waals surface area (Å²) >= 11 is 0. The van der Waals surface area contributed by atoms with Gasteiger partial charge in [0.25, 0.3) is 0 Å². The van der Waals surface area contributed by atoms with Gasteiger partial charge in [0, 0.05) is 29.9 Å². The van der Waals surface area contributed by atoms with Crippen molar-refractivity contribution in [3.05, 3.63) is 59.9 Å². The second-order valence-electron chi connectivity index (χ2n) is 5.00. The van der Waals surface area contributed by atoms with Gasteiger partial charge >= 0.3 is 0 Å². The van der Waals surface area contributed by atoms with E-state index in [0.717, 1.165) is 30.8 Å². The van der Waals surface area contributed by atoms with Gasteiger partial charge in [-0.1, -0.05) is 31.2 Å². The Labute approximate surface area is 127 Å². The first-order valence-corrected chi connectivity index (χ1v) is 7.70. The molecule has 1 N–H and O–H groups in total.